The summed E-state index contributed by atoms with van der Waals surface area (Å²) < 4.78 is 11.7. The molecule has 3 nitrogen and oxygen atoms in total. The zero-order valence-corrected chi connectivity index (χ0v) is 6.48. The summed E-state index contributed by atoms with van der Waals surface area (Å²) in [5.74, 6) is 0.0877. The van der Waals surface area contributed by atoms with Crippen LogP contribution in [0.3, 0.4) is 0 Å². The van der Waals surface area contributed by atoms with Crippen LogP contribution in [-0.4, -0.2) is 43.7 Å². The van der Waals surface area contributed by atoms with Crippen LogP contribution in [0.25, 0.3) is 0 Å². The molecular weight excluding hydrogens is 147 g/mol. The van der Waals surface area contributed by atoms with Crippen LogP contribution in [0.1, 0.15) is 6.42 Å². The summed E-state index contributed by atoms with van der Waals surface area (Å²) >= 11 is 0. The van der Waals surface area contributed by atoms with E-state index in [1.807, 2.05) is 0 Å². The summed E-state index contributed by atoms with van der Waals surface area (Å²) in [5, 5.41) is 2.96. The average Bonchev–Trinajstić information content (AvgIpc) is 2.03. The minimum atomic E-state index is -0.336. The normalized spacial score (nSPS) is 19.0. The minimum absolute atomic E-state index is 0.0877. The number of hydrogen-bond donors (Lipinski definition) is 1. The van der Waals surface area contributed by atoms with E-state index in [-0.39, 0.29) is 12.6 Å². The second-order valence-electron chi connectivity index (χ2n) is 2.60. The summed E-state index contributed by atoms with van der Waals surface area (Å²) in [6.07, 6.45) is 0.464. The molecule has 0 unspecified atom stereocenters. The van der Waals surface area contributed by atoms with Gasteiger partial charge in [-0.3, -0.25) is 9.18 Å². The molecule has 1 aliphatic heterocycles. The van der Waals surface area contributed by atoms with E-state index >= 15 is 0 Å². The molecule has 0 bridgehead atoms. The molecule has 0 atom stereocenters. The summed E-state index contributed by atoms with van der Waals surface area (Å²) in [6.45, 7) is 2.19. The number of halogens is 1. The van der Waals surface area contributed by atoms with Gasteiger partial charge in [0, 0.05) is 19.6 Å². The molecule has 1 fully saturated rings. The maximum atomic E-state index is 11.7. The molecule has 0 aromatic rings. The number of nitrogens with one attached hydrogen (secondary N) is 1. The van der Waals surface area contributed by atoms with E-state index in [2.05, 4.69) is 5.32 Å². The Hall–Kier alpha value is -0.640. The standard InChI is InChI=1S/C7H13FN2O/c8-2-1-4-10-5-3-9-6-7(10)11/h9H,1-6H2. The molecule has 4 heteroatoms. The number of amides is 1. The third-order valence-electron chi connectivity index (χ3n) is 1.75. The van der Waals surface area contributed by atoms with Crippen molar-refractivity contribution in [2.75, 3.05) is 32.9 Å². The first kappa shape index (κ1) is 8.46. The summed E-state index contributed by atoms with van der Waals surface area (Å²) in [4.78, 5) is 12.7. The van der Waals surface area contributed by atoms with Crippen LogP contribution in [-0.2, 0) is 4.79 Å². The Kier molecular flexibility index (Phi) is 3.29. The largest absolute Gasteiger partial charge is 0.340 e. The Balaban J connectivity index is 2.24. The lowest BCUT2D eigenvalue weighted by molar-refractivity contribution is -0.131. The van der Waals surface area contributed by atoms with E-state index in [9.17, 15) is 9.18 Å². The first-order valence-electron chi connectivity index (χ1n) is 3.89. The molecule has 1 saturated heterocycles. The minimum Gasteiger partial charge on any atom is -0.340 e. The molecule has 0 spiro atoms. The third kappa shape index (κ3) is 2.46. The van der Waals surface area contributed by atoms with Crippen molar-refractivity contribution < 1.29 is 9.18 Å². The fraction of sp³-hybridized carbons (Fsp3) is 0.857. The summed E-state index contributed by atoms with van der Waals surface area (Å²) in [6, 6.07) is 0. The van der Waals surface area contributed by atoms with E-state index in [1.165, 1.54) is 0 Å². The number of nitrogens with zero attached hydrogens (tertiary/aromatic N) is 1. The van der Waals surface area contributed by atoms with Crippen molar-refractivity contribution in [3.8, 4) is 0 Å². The molecule has 64 valence electrons. The molecule has 1 amide bonds. The van der Waals surface area contributed by atoms with Crippen molar-refractivity contribution in [1.82, 2.24) is 10.2 Å². The van der Waals surface area contributed by atoms with Gasteiger partial charge in [0.2, 0.25) is 5.91 Å². The van der Waals surface area contributed by atoms with Gasteiger partial charge in [0.1, 0.15) is 0 Å². The molecule has 11 heavy (non-hydrogen) atoms. The molecule has 0 radical (unpaired) electrons. The third-order valence-corrected chi connectivity index (χ3v) is 1.75. The number of alkyl halides is 1. The van der Waals surface area contributed by atoms with E-state index in [1.54, 1.807) is 4.90 Å². The Morgan fingerprint density at radius 1 is 1.64 bits per heavy atom. The van der Waals surface area contributed by atoms with Crippen LogP contribution in [0.4, 0.5) is 4.39 Å². The van der Waals surface area contributed by atoms with Gasteiger partial charge in [-0.05, 0) is 6.42 Å². The van der Waals surface area contributed by atoms with Gasteiger partial charge < -0.3 is 10.2 Å². The molecule has 0 aliphatic carbocycles. The molecule has 1 heterocycles. The first-order chi connectivity index (χ1) is 5.34. The lowest BCUT2D eigenvalue weighted by atomic mass is 10.3. The van der Waals surface area contributed by atoms with Crippen LogP contribution in [0.2, 0.25) is 0 Å². The summed E-state index contributed by atoms with van der Waals surface area (Å²) in [5.41, 5.74) is 0. The van der Waals surface area contributed by atoms with E-state index < -0.39 is 0 Å². The van der Waals surface area contributed by atoms with Crippen LogP contribution in [0, 0.1) is 0 Å². The molecule has 1 N–H and O–H groups in total. The molecule has 1 rings (SSSR count). The van der Waals surface area contributed by atoms with Crippen molar-refractivity contribution >= 4 is 5.91 Å². The molecule has 0 saturated carbocycles. The zero-order chi connectivity index (χ0) is 8.10. The van der Waals surface area contributed by atoms with Crippen LogP contribution >= 0.6 is 0 Å². The molecule has 0 aromatic carbocycles. The number of carbonyl (C=O) groups is 1. The quantitative estimate of drug-likeness (QED) is 0.619. The van der Waals surface area contributed by atoms with Crippen molar-refractivity contribution in [3.63, 3.8) is 0 Å². The Bertz CT molecular complexity index is 140. The fourth-order valence-electron chi connectivity index (χ4n) is 1.13. The lowest BCUT2D eigenvalue weighted by Crippen LogP contribution is -2.48. The van der Waals surface area contributed by atoms with Gasteiger partial charge in [0.05, 0.1) is 13.2 Å². The zero-order valence-electron chi connectivity index (χ0n) is 6.48. The van der Waals surface area contributed by atoms with Gasteiger partial charge in [0.25, 0.3) is 0 Å². The highest BCUT2D eigenvalue weighted by molar-refractivity contribution is 5.78. The van der Waals surface area contributed by atoms with E-state index in [0.717, 1.165) is 13.1 Å². The van der Waals surface area contributed by atoms with Gasteiger partial charge in [0.15, 0.2) is 0 Å². The van der Waals surface area contributed by atoms with Gasteiger partial charge in [-0.1, -0.05) is 0 Å². The predicted molar refractivity (Wildman–Crippen MR) is 40.0 cm³/mol. The second kappa shape index (κ2) is 4.28. The molecular formula is C7H13FN2O. The van der Waals surface area contributed by atoms with Gasteiger partial charge >= 0.3 is 0 Å². The first-order valence-corrected chi connectivity index (χ1v) is 3.89. The average molecular weight is 160 g/mol. The van der Waals surface area contributed by atoms with Gasteiger partial charge in [-0.15, -0.1) is 0 Å². The fourth-order valence-corrected chi connectivity index (χ4v) is 1.13. The van der Waals surface area contributed by atoms with Crippen LogP contribution in [0.5, 0.6) is 0 Å². The highest BCUT2D eigenvalue weighted by atomic mass is 19.1. The Labute approximate surface area is 65.6 Å². The van der Waals surface area contributed by atoms with E-state index in [4.69, 9.17) is 0 Å². The predicted octanol–water partition coefficient (Wildman–Crippen LogP) is -0.222. The molecule has 1 aliphatic rings. The van der Waals surface area contributed by atoms with Crippen LogP contribution in [0.15, 0.2) is 0 Å². The van der Waals surface area contributed by atoms with Gasteiger partial charge in [-0.25, -0.2) is 0 Å². The monoisotopic (exact) mass is 160 g/mol. The summed E-state index contributed by atoms with van der Waals surface area (Å²) in [7, 11) is 0. The highest BCUT2D eigenvalue weighted by Gasteiger charge is 2.15. The second-order valence-corrected chi connectivity index (χ2v) is 2.60. The maximum absolute atomic E-state index is 11.7. The highest BCUT2D eigenvalue weighted by Crippen LogP contribution is 1.95. The number of carbonyl (C=O) groups excluding carboxylic acids is 1. The topological polar surface area (TPSA) is 32.3 Å². The maximum Gasteiger partial charge on any atom is 0.236 e. The molecule has 0 aromatic heterocycles. The SMILES string of the molecule is O=C1CNCCN1CCCF. The van der Waals surface area contributed by atoms with Gasteiger partial charge in [-0.2, -0.15) is 0 Å². The van der Waals surface area contributed by atoms with Crippen molar-refractivity contribution in [1.29, 1.82) is 0 Å². The Morgan fingerprint density at radius 2 is 2.45 bits per heavy atom. The smallest absolute Gasteiger partial charge is 0.236 e. The Morgan fingerprint density at radius 3 is 3.09 bits per heavy atom. The number of piperazine rings is 1. The number of rotatable bonds is 3. The van der Waals surface area contributed by atoms with E-state index in [0.29, 0.717) is 19.5 Å². The van der Waals surface area contributed by atoms with Crippen molar-refractivity contribution in [3.05, 3.63) is 0 Å². The number of hydrogen-bond acceptors (Lipinski definition) is 2. The van der Waals surface area contributed by atoms with Crippen molar-refractivity contribution in [2.24, 2.45) is 0 Å². The van der Waals surface area contributed by atoms with Crippen molar-refractivity contribution in [2.45, 2.75) is 6.42 Å². The lowest BCUT2D eigenvalue weighted by Gasteiger charge is -2.26. The van der Waals surface area contributed by atoms with Crippen LogP contribution < -0.4 is 5.32 Å².